The number of carbonyl (C=O) groups is 1. The third-order valence-corrected chi connectivity index (χ3v) is 1.71. The molecule has 0 aromatic rings. The van der Waals surface area contributed by atoms with Gasteiger partial charge >= 0.3 is 5.97 Å². The van der Waals surface area contributed by atoms with Gasteiger partial charge in [-0.25, -0.2) is 0 Å². The second kappa shape index (κ2) is 3.37. The molecule has 2 heterocycles. The standard InChI is InChI=1S/C9H9N3O2/c1-7(13)14-9-2-3-11-12-5-4-10-6-8(9)12/h2-6,11H,1H3. The zero-order valence-corrected chi connectivity index (χ0v) is 7.60. The van der Waals surface area contributed by atoms with Gasteiger partial charge in [-0.2, -0.15) is 0 Å². The maximum absolute atomic E-state index is 10.8. The summed E-state index contributed by atoms with van der Waals surface area (Å²) in [6, 6.07) is 0. The number of nitrogens with zero attached hydrogens (tertiary/aromatic N) is 2. The lowest BCUT2D eigenvalue weighted by Gasteiger charge is -2.26. The quantitative estimate of drug-likeness (QED) is 0.618. The topological polar surface area (TPSA) is 53.9 Å². The lowest BCUT2D eigenvalue weighted by atomic mass is 10.3. The average molecular weight is 191 g/mol. The first kappa shape index (κ1) is 8.55. The summed E-state index contributed by atoms with van der Waals surface area (Å²) < 4.78 is 5.01. The van der Waals surface area contributed by atoms with Crippen LogP contribution in [0.3, 0.4) is 0 Å². The van der Waals surface area contributed by atoms with Gasteiger partial charge in [0.25, 0.3) is 0 Å². The highest BCUT2D eigenvalue weighted by atomic mass is 16.5. The maximum atomic E-state index is 10.8. The number of carbonyl (C=O) groups excluding carboxylic acids is 1. The van der Waals surface area contributed by atoms with E-state index >= 15 is 0 Å². The molecule has 5 heteroatoms. The molecule has 0 unspecified atom stereocenters. The Hall–Kier alpha value is -2.04. The highest BCUT2D eigenvalue weighted by Crippen LogP contribution is 2.16. The lowest BCUT2D eigenvalue weighted by Crippen LogP contribution is -2.34. The number of esters is 1. The summed E-state index contributed by atoms with van der Waals surface area (Å²) in [6.07, 6.45) is 8.36. The number of hydrogen-bond acceptors (Lipinski definition) is 5. The van der Waals surface area contributed by atoms with Gasteiger partial charge in [0.2, 0.25) is 0 Å². The maximum Gasteiger partial charge on any atom is 0.308 e. The Morgan fingerprint density at radius 3 is 3.29 bits per heavy atom. The summed E-state index contributed by atoms with van der Waals surface area (Å²) in [5.41, 5.74) is 3.66. The molecule has 0 aromatic carbocycles. The third-order valence-electron chi connectivity index (χ3n) is 1.71. The number of hydrogen-bond donors (Lipinski definition) is 1. The predicted molar refractivity (Wildman–Crippen MR) is 50.5 cm³/mol. The second-order valence-electron chi connectivity index (χ2n) is 2.75. The summed E-state index contributed by atoms with van der Waals surface area (Å²) in [6.45, 7) is 1.36. The van der Waals surface area contributed by atoms with Gasteiger partial charge in [-0.1, -0.05) is 0 Å². The smallest absolute Gasteiger partial charge is 0.308 e. The summed E-state index contributed by atoms with van der Waals surface area (Å²) >= 11 is 0. The average Bonchev–Trinajstić information content (AvgIpc) is 2.18. The predicted octanol–water partition coefficient (Wildman–Crippen LogP) is 0.651. The Bertz CT molecular complexity index is 380. The molecule has 0 bridgehead atoms. The molecule has 0 radical (unpaired) electrons. The molecule has 0 atom stereocenters. The van der Waals surface area contributed by atoms with Crippen molar-refractivity contribution in [2.45, 2.75) is 6.92 Å². The molecule has 72 valence electrons. The van der Waals surface area contributed by atoms with Crippen molar-refractivity contribution >= 4 is 12.2 Å². The van der Waals surface area contributed by atoms with Crippen molar-refractivity contribution in [3.63, 3.8) is 0 Å². The van der Waals surface area contributed by atoms with Gasteiger partial charge in [0.15, 0.2) is 5.76 Å². The van der Waals surface area contributed by atoms with Crippen LogP contribution in [0, 0.1) is 0 Å². The van der Waals surface area contributed by atoms with Gasteiger partial charge < -0.3 is 10.2 Å². The Labute approximate surface area is 81.0 Å². The van der Waals surface area contributed by atoms with Crippen LogP contribution in [0.2, 0.25) is 0 Å². The van der Waals surface area contributed by atoms with Crippen molar-refractivity contribution in [2.24, 2.45) is 4.99 Å². The van der Waals surface area contributed by atoms with Crippen LogP contribution in [-0.2, 0) is 9.53 Å². The number of nitrogens with one attached hydrogen (secondary N) is 1. The van der Waals surface area contributed by atoms with E-state index in [1.165, 1.54) is 6.92 Å². The largest absolute Gasteiger partial charge is 0.424 e. The van der Waals surface area contributed by atoms with Crippen molar-refractivity contribution in [1.82, 2.24) is 10.4 Å². The fourth-order valence-corrected chi connectivity index (χ4v) is 1.18. The van der Waals surface area contributed by atoms with Crippen molar-refractivity contribution in [3.8, 4) is 0 Å². The minimum Gasteiger partial charge on any atom is -0.424 e. The third kappa shape index (κ3) is 1.52. The summed E-state index contributed by atoms with van der Waals surface area (Å²) in [5, 5.41) is 1.71. The minimum atomic E-state index is -0.345. The lowest BCUT2D eigenvalue weighted by molar-refractivity contribution is -0.136. The van der Waals surface area contributed by atoms with Crippen molar-refractivity contribution in [2.75, 3.05) is 0 Å². The van der Waals surface area contributed by atoms with E-state index < -0.39 is 0 Å². The van der Waals surface area contributed by atoms with Crippen LogP contribution in [0.25, 0.3) is 0 Å². The van der Waals surface area contributed by atoms with Crippen LogP contribution < -0.4 is 5.43 Å². The molecule has 0 saturated heterocycles. The van der Waals surface area contributed by atoms with Gasteiger partial charge in [0.1, 0.15) is 5.70 Å². The van der Waals surface area contributed by atoms with Crippen molar-refractivity contribution in [3.05, 3.63) is 36.1 Å². The van der Waals surface area contributed by atoms with Gasteiger partial charge in [-0.05, 0) is 0 Å². The highest BCUT2D eigenvalue weighted by molar-refractivity contribution is 5.82. The van der Waals surface area contributed by atoms with E-state index in [9.17, 15) is 4.79 Å². The Morgan fingerprint density at radius 2 is 2.50 bits per heavy atom. The fourth-order valence-electron chi connectivity index (χ4n) is 1.18. The summed E-state index contributed by atoms with van der Waals surface area (Å²) in [5.74, 6) is 0.145. The number of hydrazine groups is 1. The van der Waals surface area contributed by atoms with Crippen LogP contribution in [0.5, 0.6) is 0 Å². The van der Waals surface area contributed by atoms with Crippen molar-refractivity contribution < 1.29 is 9.53 Å². The number of rotatable bonds is 1. The van der Waals surface area contributed by atoms with Gasteiger partial charge in [-0.15, -0.1) is 0 Å². The normalized spacial score (nSPS) is 17.9. The van der Waals surface area contributed by atoms with Gasteiger partial charge in [0, 0.05) is 31.6 Å². The molecule has 2 aliphatic heterocycles. The van der Waals surface area contributed by atoms with E-state index in [-0.39, 0.29) is 5.97 Å². The van der Waals surface area contributed by atoms with Crippen LogP contribution in [-0.4, -0.2) is 17.2 Å². The monoisotopic (exact) mass is 191 g/mol. The zero-order valence-electron chi connectivity index (χ0n) is 7.60. The molecule has 2 aliphatic rings. The van der Waals surface area contributed by atoms with Crippen LogP contribution in [0.15, 0.2) is 41.1 Å². The molecule has 0 saturated carbocycles. The molecule has 0 aliphatic carbocycles. The van der Waals surface area contributed by atoms with E-state index in [0.29, 0.717) is 11.5 Å². The van der Waals surface area contributed by atoms with Crippen LogP contribution >= 0.6 is 0 Å². The van der Waals surface area contributed by atoms with Gasteiger partial charge in [-0.3, -0.25) is 14.8 Å². The Morgan fingerprint density at radius 1 is 1.64 bits per heavy atom. The molecule has 0 spiro atoms. The minimum absolute atomic E-state index is 0.345. The molecule has 0 fully saturated rings. The zero-order chi connectivity index (χ0) is 9.97. The molecule has 2 rings (SSSR count). The van der Waals surface area contributed by atoms with Crippen LogP contribution in [0.1, 0.15) is 6.92 Å². The molecule has 14 heavy (non-hydrogen) atoms. The Kier molecular flexibility index (Phi) is 2.06. The molecule has 5 nitrogen and oxygen atoms in total. The summed E-state index contributed by atoms with van der Waals surface area (Å²) in [7, 11) is 0. The number of ether oxygens (including phenoxy) is 1. The highest BCUT2D eigenvalue weighted by Gasteiger charge is 2.16. The van der Waals surface area contributed by atoms with Gasteiger partial charge in [0.05, 0.1) is 6.21 Å². The molecular weight excluding hydrogens is 182 g/mol. The number of aliphatic imine (C=N–C) groups is 1. The van der Waals surface area contributed by atoms with E-state index in [1.807, 2.05) is 0 Å². The molecule has 1 N–H and O–H groups in total. The first-order valence-corrected chi connectivity index (χ1v) is 4.12. The molecular formula is C9H9N3O2. The SMILES string of the molecule is CC(=O)OC1=C2C=NC=CN2NC=C1. The molecule has 0 amide bonds. The summed E-state index contributed by atoms with van der Waals surface area (Å²) in [4.78, 5) is 14.7. The van der Waals surface area contributed by atoms with E-state index in [1.54, 1.807) is 35.9 Å². The first-order valence-electron chi connectivity index (χ1n) is 4.12. The number of allylic oxidation sites excluding steroid dienone is 2. The first-order chi connectivity index (χ1) is 6.77. The number of fused-ring (bicyclic) bond motifs is 1. The van der Waals surface area contributed by atoms with Crippen LogP contribution in [0.4, 0.5) is 0 Å². The van der Waals surface area contributed by atoms with Crippen molar-refractivity contribution in [1.29, 1.82) is 0 Å². The van der Waals surface area contributed by atoms with E-state index in [4.69, 9.17) is 4.74 Å². The second-order valence-corrected chi connectivity index (χ2v) is 2.75. The van der Waals surface area contributed by atoms with E-state index in [2.05, 4.69) is 10.4 Å². The Balaban J connectivity index is 2.31. The fraction of sp³-hybridized carbons (Fsp3) is 0.111. The molecule has 0 aromatic heterocycles. The van der Waals surface area contributed by atoms with E-state index in [0.717, 1.165) is 0 Å².